The van der Waals surface area contributed by atoms with Gasteiger partial charge in [-0.25, -0.2) is 4.98 Å². The molecule has 0 atom stereocenters. The Morgan fingerprint density at radius 2 is 1.60 bits per heavy atom. The third kappa shape index (κ3) is 3.63. The van der Waals surface area contributed by atoms with Gasteiger partial charge in [-0.05, 0) is 23.3 Å². The van der Waals surface area contributed by atoms with Gasteiger partial charge in [0.2, 0.25) is 5.91 Å². The fraction of sp³-hybridized carbons (Fsp3) is 0.0400. The first kappa shape index (κ1) is 18.3. The van der Waals surface area contributed by atoms with Crippen LogP contribution in [0.25, 0.3) is 16.2 Å². The smallest absolute Gasteiger partial charge is 0.236 e. The highest BCUT2D eigenvalue weighted by Crippen LogP contribution is 2.28. The quantitative estimate of drug-likeness (QED) is 0.397. The molecule has 2 heterocycles. The lowest BCUT2D eigenvalue weighted by molar-refractivity contribution is -0.116. The van der Waals surface area contributed by atoms with Gasteiger partial charge in [-0.2, -0.15) is 0 Å². The topological polar surface area (TPSA) is 46.4 Å². The number of rotatable bonds is 5. The summed E-state index contributed by atoms with van der Waals surface area (Å²) in [5.74, 6) is -0.440. The van der Waals surface area contributed by atoms with Crippen LogP contribution < -0.4 is 5.32 Å². The normalized spacial score (nSPS) is 11.1. The lowest BCUT2D eigenvalue weighted by Crippen LogP contribution is -2.22. The lowest BCUT2D eigenvalue weighted by Gasteiger charge is -2.18. The molecule has 1 N–H and O–H groups in total. The average molecular weight is 410 g/mol. The molecule has 0 aliphatic carbocycles. The van der Waals surface area contributed by atoms with E-state index in [1.165, 1.54) is 0 Å². The number of hydrogen-bond acceptors (Lipinski definition) is 3. The fourth-order valence-corrected chi connectivity index (χ4v) is 4.32. The largest absolute Gasteiger partial charge is 0.325 e. The van der Waals surface area contributed by atoms with Crippen LogP contribution in [0.5, 0.6) is 0 Å². The summed E-state index contributed by atoms with van der Waals surface area (Å²) in [5, 5.41) is 5.12. The van der Waals surface area contributed by atoms with Crippen LogP contribution >= 0.6 is 11.3 Å². The summed E-state index contributed by atoms with van der Waals surface area (Å²) < 4.78 is 2.01. The standard InChI is InChI=1S/C25H19N3OS/c29-24(23(18-8-3-1-4-9-18)19-10-5-2-6-11-19)26-21-13-7-12-20(16-21)22-17-28-14-15-30-25(28)27-22/h1-17,23H,(H,26,29). The molecule has 0 aliphatic rings. The van der Waals surface area contributed by atoms with Crippen molar-refractivity contribution in [2.45, 2.75) is 5.92 Å². The number of nitrogens with zero attached hydrogens (tertiary/aromatic N) is 2. The molecule has 4 nitrogen and oxygen atoms in total. The van der Waals surface area contributed by atoms with Gasteiger partial charge in [0, 0.05) is 29.0 Å². The number of benzene rings is 3. The number of imidazole rings is 1. The molecule has 146 valence electrons. The third-order valence-electron chi connectivity index (χ3n) is 5.05. The maximum atomic E-state index is 13.3. The number of anilines is 1. The number of nitrogens with one attached hydrogen (secondary N) is 1. The Kier molecular flexibility index (Phi) is 4.87. The van der Waals surface area contributed by atoms with E-state index in [-0.39, 0.29) is 11.8 Å². The zero-order chi connectivity index (χ0) is 20.3. The monoisotopic (exact) mass is 409 g/mol. The molecule has 0 fully saturated rings. The summed E-state index contributed by atoms with van der Waals surface area (Å²) >= 11 is 1.60. The van der Waals surface area contributed by atoms with Gasteiger partial charge in [0.15, 0.2) is 4.96 Å². The van der Waals surface area contributed by atoms with E-state index in [4.69, 9.17) is 0 Å². The number of hydrogen-bond donors (Lipinski definition) is 1. The van der Waals surface area contributed by atoms with E-state index < -0.39 is 0 Å². The van der Waals surface area contributed by atoms with Crippen molar-refractivity contribution in [2.75, 3.05) is 5.32 Å². The SMILES string of the molecule is O=C(Nc1cccc(-c2cn3ccsc3n2)c1)C(c1ccccc1)c1ccccc1. The predicted octanol–water partition coefficient (Wildman–Crippen LogP) is 5.83. The van der Waals surface area contributed by atoms with Crippen molar-refractivity contribution in [3.8, 4) is 11.3 Å². The second-order valence-corrected chi connectivity index (χ2v) is 7.92. The Morgan fingerprint density at radius 3 is 2.27 bits per heavy atom. The highest BCUT2D eigenvalue weighted by molar-refractivity contribution is 7.15. The molecule has 0 aliphatic heterocycles. The minimum atomic E-state index is -0.381. The zero-order valence-electron chi connectivity index (χ0n) is 16.1. The molecular weight excluding hydrogens is 390 g/mol. The van der Waals surface area contributed by atoms with Crippen molar-refractivity contribution in [1.29, 1.82) is 0 Å². The van der Waals surface area contributed by atoms with Crippen molar-refractivity contribution in [1.82, 2.24) is 9.38 Å². The molecule has 5 aromatic rings. The summed E-state index contributed by atoms with van der Waals surface area (Å²) in [7, 11) is 0. The van der Waals surface area contributed by atoms with E-state index in [0.717, 1.165) is 33.0 Å². The molecule has 3 aromatic carbocycles. The van der Waals surface area contributed by atoms with Gasteiger partial charge in [0.1, 0.15) is 0 Å². The van der Waals surface area contributed by atoms with Crippen LogP contribution in [0.4, 0.5) is 5.69 Å². The van der Waals surface area contributed by atoms with Crippen molar-refractivity contribution in [3.63, 3.8) is 0 Å². The highest BCUT2D eigenvalue weighted by Gasteiger charge is 2.22. The summed E-state index contributed by atoms with van der Waals surface area (Å²) in [6, 6.07) is 27.6. The first-order valence-electron chi connectivity index (χ1n) is 9.71. The van der Waals surface area contributed by atoms with Crippen LogP contribution in [0.3, 0.4) is 0 Å². The van der Waals surface area contributed by atoms with Gasteiger partial charge in [0.05, 0.1) is 11.6 Å². The van der Waals surface area contributed by atoms with Crippen LogP contribution in [0.2, 0.25) is 0 Å². The molecule has 0 radical (unpaired) electrons. The molecule has 0 saturated carbocycles. The number of fused-ring (bicyclic) bond motifs is 1. The Hall–Kier alpha value is -3.70. The molecule has 0 spiro atoms. The van der Waals surface area contributed by atoms with Crippen molar-refractivity contribution >= 4 is 27.9 Å². The number of thiazole rings is 1. The minimum Gasteiger partial charge on any atom is -0.325 e. The molecule has 1 amide bonds. The van der Waals surface area contributed by atoms with Crippen LogP contribution in [-0.2, 0) is 4.79 Å². The maximum Gasteiger partial charge on any atom is 0.236 e. The van der Waals surface area contributed by atoms with Gasteiger partial charge in [-0.15, -0.1) is 11.3 Å². The highest BCUT2D eigenvalue weighted by atomic mass is 32.1. The number of aromatic nitrogens is 2. The van der Waals surface area contributed by atoms with Gasteiger partial charge in [0.25, 0.3) is 0 Å². The van der Waals surface area contributed by atoms with E-state index >= 15 is 0 Å². The van der Waals surface area contributed by atoms with E-state index in [0.29, 0.717) is 0 Å². The van der Waals surface area contributed by atoms with Crippen LogP contribution in [0, 0.1) is 0 Å². The van der Waals surface area contributed by atoms with E-state index in [9.17, 15) is 4.79 Å². The molecule has 0 unspecified atom stereocenters. The number of carbonyl (C=O) groups excluding carboxylic acids is 1. The van der Waals surface area contributed by atoms with E-state index in [1.54, 1.807) is 11.3 Å². The van der Waals surface area contributed by atoms with Gasteiger partial charge in [-0.3, -0.25) is 9.20 Å². The zero-order valence-corrected chi connectivity index (χ0v) is 16.9. The molecule has 30 heavy (non-hydrogen) atoms. The summed E-state index contributed by atoms with van der Waals surface area (Å²) in [4.78, 5) is 18.9. The summed E-state index contributed by atoms with van der Waals surface area (Å²) in [6.07, 6.45) is 4.00. The molecular formula is C25H19N3OS. The van der Waals surface area contributed by atoms with Crippen LogP contribution in [-0.4, -0.2) is 15.3 Å². The van der Waals surface area contributed by atoms with Crippen molar-refractivity contribution in [2.24, 2.45) is 0 Å². The minimum absolute atomic E-state index is 0.0598. The molecule has 0 saturated heterocycles. The molecule has 5 rings (SSSR count). The summed E-state index contributed by atoms with van der Waals surface area (Å²) in [6.45, 7) is 0. The van der Waals surface area contributed by atoms with Gasteiger partial charge in [-0.1, -0.05) is 72.8 Å². The van der Waals surface area contributed by atoms with E-state index in [1.807, 2.05) is 107 Å². The number of amides is 1. The van der Waals surface area contributed by atoms with Gasteiger partial charge < -0.3 is 5.32 Å². The Morgan fingerprint density at radius 1 is 0.900 bits per heavy atom. The van der Waals surface area contributed by atoms with Gasteiger partial charge >= 0.3 is 0 Å². The Balaban J connectivity index is 1.45. The van der Waals surface area contributed by atoms with Crippen molar-refractivity contribution in [3.05, 3.63) is 114 Å². The molecule has 2 aromatic heterocycles. The first-order chi connectivity index (χ1) is 14.8. The van der Waals surface area contributed by atoms with Crippen molar-refractivity contribution < 1.29 is 4.79 Å². The first-order valence-corrected chi connectivity index (χ1v) is 10.6. The Bertz CT molecular complexity index is 1220. The van der Waals surface area contributed by atoms with E-state index in [2.05, 4.69) is 10.3 Å². The average Bonchev–Trinajstić information content (AvgIpc) is 3.38. The Labute approximate surface area is 178 Å². The van der Waals surface area contributed by atoms with Crippen LogP contribution in [0.1, 0.15) is 17.0 Å². The third-order valence-corrected chi connectivity index (χ3v) is 5.82. The molecule has 5 heteroatoms. The maximum absolute atomic E-state index is 13.3. The second kappa shape index (κ2) is 7.97. The predicted molar refractivity (Wildman–Crippen MR) is 122 cm³/mol. The van der Waals surface area contributed by atoms with Crippen LogP contribution in [0.15, 0.2) is 103 Å². The molecule has 0 bridgehead atoms. The lowest BCUT2D eigenvalue weighted by atomic mass is 9.90. The second-order valence-electron chi connectivity index (χ2n) is 7.04. The fourth-order valence-electron chi connectivity index (χ4n) is 3.62. The number of carbonyl (C=O) groups is 1. The summed E-state index contributed by atoms with van der Waals surface area (Å²) in [5.41, 5.74) is 4.55.